The first kappa shape index (κ1) is 29.3. The molecule has 0 spiro atoms. The zero-order valence-corrected chi connectivity index (χ0v) is 29.5. The van der Waals surface area contributed by atoms with E-state index in [4.69, 9.17) is 9.72 Å². The van der Waals surface area contributed by atoms with Gasteiger partial charge in [0.15, 0.2) is 0 Å². The Morgan fingerprint density at radius 1 is 0.580 bits per heavy atom. The van der Waals surface area contributed by atoms with Crippen LogP contribution in [0.1, 0.15) is 26.3 Å². The lowest BCUT2D eigenvalue weighted by atomic mass is 9.88. The Bertz CT molecular complexity index is 2850. The molecule has 0 fully saturated rings. The van der Waals surface area contributed by atoms with Gasteiger partial charge in [0.2, 0.25) is 0 Å². The Kier molecular flexibility index (Phi) is 6.25. The molecule has 0 saturated heterocycles. The number of benzene rings is 6. The number of para-hydroxylation sites is 2. The minimum atomic E-state index is -0.0337. The first-order valence-electron chi connectivity index (χ1n) is 17.0. The summed E-state index contributed by atoms with van der Waals surface area (Å²) in [6.07, 6.45) is 1.94. The second-order valence-electron chi connectivity index (χ2n) is 14.2. The van der Waals surface area contributed by atoms with Crippen LogP contribution < -0.4 is 4.74 Å². The maximum Gasteiger partial charge on any atom is 0.137 e. The molecule has 0 radical (unpaired) electrons. The van der Waals surface area contributed by atoms with Crippen LogP contribution in [0.2, 0.25) is 0 Å². The molecule has 50 heavy (non-hydrogen) atoms. The third-order valence-electron chi connectivity index (χ3n) is 10.2. The maximum atomic E-state index is 6.47. The van der Waals surface area contributed by atoms with Gasteiger partial charge in [0.1, 0.15) is 17.3 Å². The number of halogens is 1. The summed E-state index contributed by atoms with van der Waals surface area (Å²) in [6, 6.07) is 47.8. The van der Waals surface area contributed by atoms with Crippen LogP contribution in [0.3, 0.4) is 0 Å². The Balaban J connectivity index is 1.35. The van der Waals surface area contributed by atoms with Crippen LogP contribution in [0.5, 0.6) is 11.5 Å². The van der Waals surface area contributed by atoms with Crippen LogP contribution in [0.4, 0.5) is 0 Å². The fourth-order valence-corrected chi connectivity index (χ4v) is 8.32. The zero-order valence-electron chi connectivity index (χ0n) is 27.9. The van der Waals surface area contributed by atoms with Crippen molar-refractivity contribution in [2.24, 2.45) is 0 Å². The van der Waals surface area contributed by atoms with Gasteiger partial charge < -0.3 is 9.30 Å². The number of aromatic nitrogens is 3. The Morgan fingerprint density at radius 3 is 2.20 bits per heavy atom. The van der Waals surface area contributed by atoms with Gasteiger partial charge in [0, 0.05) is 49.4 Å². The van der Waals surface area contributed by atoms with Crippen molar-refractivity contribution in [2.45, 2.75) is 26.2 Å². The number of pyridine rings is 1. The van der Waals surface area contributed by atoms with Crippen LogP contribution in [-0.4, -0.2) is 14.1 Å². The topological polar surface area (TPSA) is 32.0 Å². The first-order chi connectivity index (χ1) is 24.3. The lowest BCUT2D eigenvalue weighted by Gasteiger charge is -2.20. The third-order valence-corrected chi connectivity index (χ3v) is 10.7. The van der Waals surface area contributed by atoms with Crippen LogP contribution >= 0.6 is 15.9 Å². The quantitative estimate of drug-likeness (QED) is 0.183. The number of ether oxygens (including phenoxy) is 1. The Morgan fingerprint density at radius 2 is 1.34 bits per heavy atom. The highest BCUT2D eigenvalue weighted by Gasteiger charge is 2.28. The van der Waals surface area contributed by atoms with E-state index in [-0.39, 0.29) is 5.41 Å². The van der Waals surface area contributed by atoms with E-state index < -0.39 is 0 Å². The van der Waals surface area contributed by atoms with Crippen molar-refractivity contribution in [1.82, 2.24) is 14.1 Å². The number of hydrogen-bond donors (Lipinski definition) is 0. The van der Waals surface area contributed by atoms with E-state index in [1.54, 1.807) is 0 Å². The smallest absolute Gasteiger partial charge is 0.137 e. The van der Waals surface area contributed by atoms with E-state index in [9.17, 15) is 0 Å². The van der Waals surface area contributed by atoms with Gasteiger partial charge in [-0.05, 0) is 82.8 Å². The van der Waals surface area contributed by atoms with E-state index >= 15 is 0 Å². The molecule has 5 heteroatoms. The fraction of sp³-hybridized carbons (Fsp3) is 0.0889. The van der Waals surface area contributed by atoms with Crippen molar-refractivity contribution in [2.75, 3.05) is 0 Å². The predicted molar refractivity (Wildman–Crippen MR) is 210 cm³/mol. The number of fused-ring (bicyclic) bond motifs is 12. The highest BCUT2D eigenvalue weighted by Crippen LogP contribution is 2.51. The van der Waals surface area contributed by atoms with E-state index in [1.165, 1.54) is 60.7 Å². The molecule has 1 aliphatic heterocycles. The van der Waals surface area contributed by atoms with Crippen molar-refractivity contribution in [3.05, 3.63) is 150 Å². The molecule has 0 saturated carbocycles. The molecule has 0 unspecified atom stereocenters. The summed E-state index contributed by atoms with van der Waals surface area (Å²) < 4.78 is 12.3. The number of rotatable bonds is 3. The molecule has 9 aromatic rings. The average molecular weight is 711 g/mol. The van der Waals surface area contributed by atoms with Crippen molar-refractivity contribution < 1.29 is 4.74 Å². The molecule has 1 aliphatic rings. The van der Waals surface area contributed by atoms with Gasteiger partial charge in [-0.1, -0.05) is 103 Å². The van der Waals surface area contributed by atoms with Crippen molar-refractivity contribution in [3.63, 3.8) is 0 Å². The molecule has 0 N–H and O–H groups in total. The van der Waals surface area contributed by atoms with Crippen molar-refractivity contribution >= 4 is 59.5 Å². The minimum Gasteiger partial charge on any atom is -0.457 e. The molecule has 3 aromatic heterocycles. The van der Waals surface area contributed by atoms with E-state index in [1.807, 2.05) is 30.5 Å². The lowest BCUT2D eigenvalue weighted by Crippen LogP contribution is -2.12. The van der Waals surface area contributed by atoms with Crippen molar-refractivity contribution in [3.8, 4) is 45.3 Å². The highest BCUT2D eigenvalue weighted by atomic mass is 79.9. The lowest BCUT2D eigenvalue weighted by molar-refractivity contribution is 0.483. The molecule has 4 nitrogen and oxygen atoms in total. The molecular formula is C45H32BrN3O. The molecule has 240 valence electrons. The molecule has 0 aliphatic carbocycles. The molecule has 6 aromatic carbocycles. The molecule has 10 rings (SSSR count). The maximum absolute atomic E-state index is 6.47. The molecule has 0 bridgehead atoms. The van der Waals surface area contributed by atoms with Crippen LogP contribution in [-0.2, 0) is 5.41 Å². The van der Waals surface area contributed by atoms with Crippen LogP contribution in [0, 0.1) is 0 Å². The summed E-state index contributed by atoms with van der Waals surface area (Å²) in [5.74, 6) is 2.43. The zero-order chi connectivity index (χ0) is 33.7. The van der Waals surface area contributed by atoms with Crippen molar-refractivity contribution in [1.29, 1.82) is 0 Å². The van der Waals surface area contributed by atoms with Gasteiger partial charge in [-0.3, -0.25) is 4.57 Å². The second-order valence-corrected chi connectivity index (χ2v) is 15.1. The van der Waals surface area contributed by atoms with Crippen LogP contribution in [0.15, 0.2) is 144 Å². The average Bonchev–Trinajstić information content (AvgIpc) is 3.59. The standard InChI is InChI=1S/C45H32BrN3O/c1-45(2,3)27-22-23-47-41(24-27)48-38-20-21-39-42(43(38)36-19-18-30(26-40(36)48)50-29-11-8-10-28(46)25-29)33-14-5-4-12-31(33)34-15-9-16-35-32-13-6-7-17-37(32)49(39)44(34)35/h4-26H,1-3H3. The van der Waals surface area contributed by atoms with E-state index in [0.29, 0.717) is 0 Å². The van der Waals surface area contributed by atoms with E-state index in [2.05, 4.69) is 155 Å². The highest BCUT2D eigenvalue weighted by molar-refractivity contribution is 9.10. The van der Waals surface area contributed by atoms with Gasteiger partial charge in [0.25, 0.3) is 0 Å². The molecule has 0 atom stereocenters. The normalized spacial score (nSPS) is 12.4. The minimum absolute atomic E-state index is 0.0337. The summed E-state index contributed by atoms with van der Waals surface area (Å²) in [5, 5.41) is 4.87. The molecule has 0 amide bonds. The summed E-state index contributed by atoms with van der Waals surface area (Å²) in [4.78, 5) is 5.00. The number of nitrogens with zero attached hydrogens (tertiary/aromatic N) is 3. The number of hydrogen-bond acceptors (Lipinski definition) is 2. The summed E-state index contributed by atoms with van der Waals surface area (Å²) in [7, 11) is 0. The summed E-state index contributed by atoms with van der Waals surface area (Å²) in [5.41, 5.74) is 11.9. The monoisotopic (exact) mass is 709 g/mol. The van der Waals surface area contributed by atoms with Gasteiger partial charge >= 0.3 is 0 Å². The second kappa shape index (κ2) is 10.7. The van der Waals surface area contributed by atoms with Gasteiger partial charge in [-0.2, -0.15) is 0 Å². The van der Waals surface area contributed by atoms with Gasteiger partial charge in [-0.15, -0.1) is 0 Å². The summed E-state index contributed by atoms with van der Waals surface area (Å²) >= 11 is 3.60. The van der Waals surface area contributed by atoms with E-state index in [0.717, 1.165) is 38.2 Å². The Hall–Kier alpha value is -5.65. The van der Waals surface area contributed by atoms with Crippen LogP contribution in [0.25, 0.3) is 77.4 Å². The van der Waals surface area contributed by atoms with Gasteiger partial charge in [0.05, 0.1) is 27.8 Å². The first-order valence-corrected chi connectivity index (χ1v) is 17.8. The SMILES string of the molecule is CC(C)(C)c1ccnc(-n2c3cc(Oc4cccc(Br)c4)ccc3c3c4c(ccc32)-n2c3ccccc3c3cccc(c32)-c2ccccc2-4)c1. The molecular weight excluding hydrogens is 678 g/mol. The van der Waals surface area contributed by atoms with Gasteiger partial charge in [-0.25, -0.2) is 4.98 Å². The largest absolute Gasteiger partial charge is 0.457 e. The third kappa shape index (κ3) is 4.26. The molecule has 4 heterocycles. The fourth-order valence-electron chi connectivity index (χ4n) is 7.94. The predicted octanol–water partition coefficient (Wildman–Crippen LogP) is 12.8. The summed E-state index contributed by atoms with van der Waals surface area (Å²) in [6.45, 7) is 6.75. The Labute approximate surface area is 298 Å².